The van der Waals surface area contributed by atoms with Crippen LogP contribution in [0.15, 0.2) is 6.20 Å². The van der Waals surface area contributed by atoms with E-state index in [0.29, 0.717) is 24.2 Å². The normalized spacial score (nSPS) is 10.7. The number of rotatable bonds is 3. The molecule has 6 heteroatoms. The second-order valence-electron chi connectivity index (χ2n) is 4.54. The van der Waals surface area contributed by atoms with Crippen LogP contribution in [0.2, 0.25) is 0 Å². The number of nitriles is 1. The van der Waals surface area contributed by atoms with Crippen molar-refractivity contribution in [3.63, 3.8) is 0 Å². The molecule has 0 aliphatic carbocycles. The topological polar surface area (TPSA) is 90.8 Å². The molecule has 1 amide bonds. The van der Waals surface area contributed by atoms with Crippen LogP contribution >= 0.6 is 0 Å². The third-order valence-electron chi connectivity index (χ3n) is 1.87. The molecule has 0 aliphatic heterocycles. The number of aromatic nitrogens is 2. The van der Waals surface area contributed by atoms with Gasteiger partial charge in [0.2, 0.25) is 0 Å². The molecule has 0 fully saturated rings. The Labute approximate surface area is 100.0 Å². The van der Waals surface area contributed by atoms with Crippen molar-refractivity contribution in [3.05, 3.63) is 17.5 Å². The number of carbonyl (C=O) groups is 1. The Morgan fingerprint density at radius 1 is 1.65 bits per heavy atom. The van der Waals surface area contributed by atoms with E-state index in [1.165, 1.54) is 6.20 Å². The number of amides is 1. The SMILES string of the molecule is CC(C)(C)OC(=O)NCCc1n[nH]cc1C#N. The standard InChI is InChI=1S/C11H16N4O2/c1-11(2,3)17-10(16)13-5-4-9-8(6-12)7-14-15-9/h7H,4-5H2,1-3H3,(H,13,16)(H,14,15). The molecule has 6 nitrogen and oxygen atoms in total. The fraction of sp³-hybridized carbons (Fsp3) is 0.545. The first kappa shape index (κ1) is 13.0. The van der Waals surface area contributed by atoms with Gasteiger partial charge in [0.15, 0.2) is 0 Å². The zero-order valence-corrected chi connectivity index (χ0v) is 10.2. The first-order valence-electron chi connectivity index (χ1n) is 5.32. The summed E-state index contributed by atoms with van der Waals surface area (Å²) < 4.78 is 5.07. The Kier molecular flexibility index (Phi) is 4.10. The molecular weight excluding hydrogens is 220 g/mol. The summed E-state index contributed by atoms with van der Waals surface area (Å²) in [6, 6.07) is 2.01. The Morgan fingerprint density at radius 2 is 2.35 bits per heavy atom. The van der Waals surface area contributed by atoms with Crippen molar-refractivity contribution in [3.8, 4) is 6.07 Å². The molecule has 17 heavy (non-hydrogen) atoms. The molecular formula is C11H16N4O2. The fourth-order valence-corrected chi connectivity index (χ4v) is 1.20. The molecule has 0 radical (unpaired) electrons. The second kappa shape index (κ2) is 5.34. The van der Waals surface area contributed by atoms with E-state index in [0.717, 1.165) is 0 Å². The largest absolute Gasteiger partial charge is 0.444 e. The molecule has 92 valence electrons. The van der Waals surface area contributed by atoms with E-state index in [4.69, 9.17) is 10.00 Å². The molecule has 0 unspecified atom stereocenters. The highest BCUT2D eigenvalue weighted by Crippen LogP contribution is 2.06. The van der Waals surface area contributed by atoms with E-state index in [1.807, 2.05) is 6.07 Å². The summed E-state index contributed by atoms with van der Waals surface area (Å²) in [4.78, 5) is 11.3. The van der Waals surface area contributed by atoms with Gasteiger partial charge in [-0.2, -0.15) is 10.4 Å². The average molecular weight is 236 g/mol. The van der Waals surface area contributed by atoms with Crippen LogP contribution in [0.4, 0.5) is 4.79 Å². The molecule has 1 rings (SSSR count). The summed E-state index contributed by atoms with van der Waals surface area (Å²) in [5, 5.41) is 17.9. The predicted molar refractivity (Wildman–Crippen MR) is 61.2 cm³/mol. The average Bonchev–Trinajstić information content (AvgIpc) is 2.62. The lowest BCUT2D eigenvalue weighted by Crippen LogP contribution is -2.33. The van der Waals surface area contributed by atoms with Gasteiger partial charge in [-0.1, -0.05) is 0 Å². The molecule has 1 heterocycles. The highest BCUT2D eigenvalue weighted by atomic mass is 16.6. The zero-order valence-electron chi connectivity index (χ0n) is 10.2. The lowest BCUT2D eigenvalue weighted by molar-refractivity contribution is 0.0528. The third-order valence-corrected chi connectivity index (χ3v) is 1.87. The van der Waals surface area contributed by atoms with Gasteiger partial charge in [0.25, 0.3) is 0 Å². The van der Waals surface area contributed by atoms with Crippen LogP contribution in [0.5, 0.6) is 0 Å². The smallest absolute Gasteiger partial charge is 0.407 e. The lowest BCUT2D eigenvalue weighted by Gasteiger charge is -2.19. The van der Waals surface area contributed by atoms with Crippen LogP contribution in [0.25, 0.3) is 0 Å². The van der Waals surface area contributed by atoms with Gasteiger partial charge in [-0.15, -0.1) is 0 Å². The van der Waals surface area contributed by atoms with E-state index in [1.54, 1.807) is 20.8 Å². The molecule has 0 spiro atoms. The fourth-order valence-electron chi connectivity index (χ4n) is 1.20. The van der Waals surface area contributed by atoms with E-state index < -0.39 is 11.7 Å². The quantitative estimate of drug-likeness (QED) is 0.828. The summed E-state index contributed by atoms with van der Waals surface area (Å²) >= 11 is 0. The van der Waals surface area contributed by atoms with Gasteiger partial charge >= 0.3 is 6.09 Å². The minimum atomic E-state index is -0.506. The molecule has 0 saturated carbocycles. The molecule has 0 saturated heterocycles. The Balaban J connectivity index is 2.34. The van der Waals surface area contributed by atoms with Crippen molar-refractivity contribution >= 4 is 6.09 Å². The van der Waals surface area contributed by atoms with Crippen molar-refractivity contribution in [2.45, 2.75) is 32.8 Å². The Morgan fingerprint density at radius 3 is 2.94 bits per heavy atom. The molecule has 0 bridgehead atoms. The number of nitrogens with zero attached hydrogens (tertiary/aromatic N) is 2. The third kappa shape index (κ3) is 4.55. The minimum absolute atomic E-state index is 0.383. The number of nitrogens with one attached hydrogen (secondary N) is 2. The van der Waals surface area contributed by atoms with E-state index in [9.17, 15) is 4.79 Å². The summed E-state index contributed by atoms with van der Waals surface area (Å²) in [7, 11) is 0. The first-order chi connectivity index (χ1) is 7.92. The zero-order chi connectivity index (χ0) is 12.9. The first-order valence-corrected chi connectivity index (χ1v) is 5.32. The Hall–Kier alpha value is -2.03. The van der Waals surface area contributed by atoms with Crippen LogP contribution in [0.3, 0.4) is 0 Å². The minimum Gasteiger partial charge on any atom is -0.444 e. The van der Waals surface area contributed by atoms with Crippen LogP contribution in [-0.2, 0) is 11.2 Å². The van der Waals surface area contributed by atoms with Crippen molar-refractivity contribution in [1.29, 1.82) is 5.26 Å². The van der Waals surface area contributed by atoms with E-state index in [2.05, 4.69) is 15.5 Å². The summed E-state index contributed by atoms with van der Waals surface area (Å²) in [5.41, 5.74) is 0.633. The van der Waals surface area contributed by atoms with Gasteiger partial charge in [-0.05, 0) is 20.8 Å². The molecule has 0 aliphatic rings. The number of ether oxygens (including phenoxy) is 1. The highest BCUT2D eigenvalue weighted by molar-refractivity contribution is 5.67. The van der Waals surface area contributed by atoms with Crippen LogP contribution in [0.1, 0.15) is 32.0 Å². The Bertz CT molecular complexity index is 425. The van der Waals surface area contributed by atoms with E-state index >= 15 is 0 Å². The number of hydrogen-bond acceptors (Lipinski definition) is 4. The maximum absolute atomic E-state index is 11.3. The van der Waals surface area contributed by atoms with Gasteiger partial charge in [0.05, 0.1) is 11.3 Å². The predicted octanol–water partition coefficient (Wildman–Crippen LogP) is 1.35. The highest BCUT2D eigenvalue weighted by Gasteiger charge is 2.15. The summed E-state index contributed by atoms with van der Waals surface area (Å²) in [5.74, 6) is 0. The van der Waals surface area contributed by atoms with Gasteiger partial charge < -0.3 is 10.1 Å². The number of H-pyrrole nitrogens is 1. The molecule has 0 atom stereocenters. The number of carbonyl (C=O) groups excluding carboxylic acids is 1. The maximum Gasteiger partial charge on any atom is 0.407 e. The number of alkyl carbamates (subject to hydrolysis) is 1. The summed E-state index contributed by atoms with van der Waals surface area (Å²) in [6.45, 7) is 5.78. The number of hydrogen-bond donors (Lipinski definition) is 2. The van der Waals surface area contributed by atoms with Gasteiger partial charge in [-0.25, -0.2) is 4.79 Å². The van der Waals surface area contributed by atoms with Crippen molar-refractivity contribution in [1.82, 2.24) is 15.5 Å². The summed E-state index contributed by atoms with van der Waals surface area (Å²) in [6.07, 6.45) is 1.56. The van der Waals surface area contributed by atoms with E-state index in [-0.39, 0.29) is 0 Å². The molecule has 0 aromatic carbocycles. The van der Waals surface area contributed by atoms with Gasteiger partial charge in [0, 0.05) is 19.2 Å². The van der Waals surface area contributed by atoms with Crippen molar-refractivity contribution < 1.29 is 9.53 Å². The van der Waals surface area contributed by atoms with Crippen LogP contribution in [0, 0.1) is 11.3 Å². The van der Waals surface area contributed by atoms with Crippen LogP contribution in [-0.4, -0.2) is 28.4 Å². The van der Waals surface area contributed by atoms with Crippen LogP contribution < -0.4 is 5.32 Å². The monoisotopic (exact) mass is 236 g/mol. The number of aromatic amines is 1. The maximum atomic E-state index is 11.3. The van der Waals surface area contributed by atoms with Crippen molar-refractivity contribution in [2.75, 3.05) is 6.54 Å². The van der Waals surface area contributed by atoms with Gasteiger partial charge in [0.1, 0.15) is 11.7 Å². The molecule has 1 aromatic rings. The van der Waals surface area contributed by atoms with Crippen molar-refractivity contribution in [2.24, 2.45) is 0 Å². The van der Waals surface area contributed by atoms with Gasteiger partial charge in [-0.3, -0.25) is 5.10 Å². The lowest BCUT2D eigenvalue weighted by atomic mass is 10.2. The molecule has 2 N–H and O–H groups in total. The molecule has 1 aromatic heterocycles. The second-order valence-corrected chi connectivity index (χ2v) is 4.54.